The second-order valence-corrected chi connectivity index (χ2v) is 5.76. The van der Waals surface area contributed by atoms with Gasteiger partial charge in [0, 0.05) is 12.1 Å². The lowest BCUT2D eigenvalue weighted by Gasteiger charge is -2.09. The van der Waals surface area contributed by atoms with Crippen molar-refractivity contribution in [2.24, 2.45) is 0 Å². The van der Waals surface area contributed by atoms with Crippen LogP contribution in [0, 0.1) is 6.92 Å². The average Bonchev–Trinajstić information content (AvgIpc) is 2.96. The maximum atomic E-state index is 12.6. The molecule has 0 aliphatic carbocycles. The molecule has 0 aliphatic rings. The zero-order chi connectivity index (χ0) is 17.1. The third kappa shape index (κ3) is 3.28. The summed E-state index contributed by atoms with van der Waals surface area (Å²) in [7, 11) is 0. The van der Waals surface area contributed by atoms with Gasteiger partial charge in [0.2, 0.25) is 0 Å². The summed E-state index contributed by atoms with van der Waals surface area (Å²) in [6.45, 7) is 3.86. The highest BCUT2D eigenvalue weighted by Crippen LogP contribution is 2.26. The fourth-order valence-electron chi connectivity index (χ4n) is 2.52. The van der Waals surface area contributed by atoms with E-state index in [2.05, 4.69) is 15.5 Å². The topological polar surface area (TPSA) is 88.2 Å². The van der Waals surface area contributed by atoms with Crippen molar-refractivity contribution in [2.75, 3.05) is 6.54 Å². The quantitative estimate of drug-likeness (QED) is 0.753. The van der Waals surface area contributed by atoms with Crippen LogP contribution in [-0.2, 0) is 0 Å². The highest BCUT2D eigenvalue weighted by atomic mass is 16.5. The molecule has 0 aliphatic heterocycles. The Labute approximate surface area is 139 Å². The number of pyridine rings is 1. The summed E-state index contributed by atoms with van der Waals surface area (Å²) < 4.78 is 5.26. The Kier molecular flexibility index (Phi) is 4.57. The summed E-state index contributed by atoms with van der Waals surface area (Å²) in [5.41, 5.74) is 2.99. The predicted molar refractivity (Wildman–Crippen MR) is 90.6 cm³/mol. The van der Waals surface area contributed by atoms with Gasteiger partial charge in [0.25, 0.3) is 11.6 Å². The third-order valence-electron chi connectivity index (χ3n) is 3.78. The molecule has 3 rings (SSSR count). The standard InChI is InChI=1S/C18H19N3O3/c1-11(22)8-9-19-17(23)14-10-15(13-6-4-3-5-7-13)20-18-16(14)12(2)21-24-18/h3-7,10-11,22H,8-9H2,1-2H3,(H,19,23). The predicted octanol–water partition coefficient (Wildman–Crippen LogP) is 2.70. The molecule has 2 aromatic heterocycles. The Morgan fingerprint density at radius 3 is 2.79 bits per heavy atom. The van der Waals surface area contributed by atoms with Crippen LogP contribution < -0.4 is 5.32 Å². The summed E-state index contributed by atoms with van der Waals surface area (Å²) in [6.07, 6.45) is 0.0358. The molecular weight excluding hydrogens is 306 g/mol. The zero-order valence-corrected chi connectivity index (χ0v) is 13.6. The van der Waals surface area contributed by atoms with Gasteiger partial charge in [0.15, 0.2) is 0 Å². The average molecular weight is 325 g/mol. The number of benzene rings is 1. The van der Waals surface area contributed by atoms with Gasteiger partial charge in [-0.15, -0.1) is 0 Å². The molecule has 1 unspecified atom stereocenters. The number of aromatic nitrogens is 2. The lowest BCUT2D eigenvalue weighted by atomic mass is 10.1. The van der Waals surface area contributed by atoms with Gasteiger partial charge in [0.1, 0.15) is 0 Å². The van der Waals surface area contributed by atoms with Gasteiger partial charge in [0.05, 0.1) is 28.4 Å². The number of hydrogen-bond donors (Lipinski definition) is 2. The molecule has 0 saturated heterocycles. The summed E-state index contributed by atoms with van der Waals surface area (Å²) in [4.78, 5) is 17.1. The zero-order valence-electron chi connectivity index (χ0n) is 13.6. The van der Waals surface area contributed by atoms with E-state index in [4.69, 9.17) is 4.52 Å². The smallest absolute Gasteiger partial charge is 0.259 e. The second kappa shape index (κ2) is 6.80. The van der Waals surface area contributed by atoms with E-state index >= 15 is 0 Å². The number of aryl methyl sites for hydroxylation is 1. The first-order valence-electron chi connectivity index (χ1n) is 7.85. The minimum absolute atomic E-state index is 0.230. The van der Waals surface area contributed by atoms with E-state index in [-0.39, 0.29) is 5.91 Å². The first kappa shape index (κ1) is 16.1. The lowest BCUT2D eigenvalue weighted by Crippen LogP contribution is -2.26. The van der Waals surface area contributed by atoms with Crippen molar-refractivity contribution in [1.82, 2.24) is 15.5 Å². The lowest BCUT2D eigenvalue weighted by molar-refractivity contribution is 0.0947. The molecule has 0 radical (unpaired) electrons. The van der Waals surface area contributed by atoms with E-state index < -0.39 is 6.10 Å². The molecule has 24 heavy (non-hydrogen) atoms. The SMILES string of the molecule is Cc1noc2nc(-c3ccccc3)cc(C(=O)NCCC(C)O)c12. The third-order valence-corrected chi connectivity index (χ3v) is 3.78. The molecule has 0 bridgehead atoms. The first-order chi connectivity index (χ1) is 11.6. The van der Waals surface area contributed by atoms with Crippen molar-refractivity contribution in [3.63, 3.8) is 0 Å². The van der Waals surface area contributed by atoms with Crippen LogP contribution in [0.3, 0.4) is 0 Å². The number of amides is 1. The molecule has 6 heteroatoms. The summed E-state index contributed by atoms with van der Waals surface area (Å²) in [5, 5.41) is 16.7. The van der Waals surface area contributed by atoms with Gasteiger partial charge in [-0.05, 0) is 26.3 Å². The van der Waals surface area contributed by atoms with E-state index in [1.54, 1.807) is 19.9 Å². The number of hydrogen-bond acceptors (Lipinski definition) is 5. The van der Waals surface area contributed by atoms with E-state index in [9.17, 15) is 9.90 Å². The van der Waals surface area contributed by atoms with Crippen molar-refractivity contribution in [3.8, 4) is 11.3 Å². The van der Waals surface area contributed by atoms with E-state index in [0.29, 0.717) is 41.0 Å². The van der Waals surface area contributed by atoms with Crippen LogP contribution >= 0.6 is 0 Å². The highest BCUT2D eigenvalue weighted by Gasteiger charge is 2.19. The Hall–Kier alpha value is -2.73. The number of rotatable bonds is 5. The molecular formula is C18H19N3O3. The Morgan fingerprint density at radius 1 is 1.33 bits per heavy atom. The van der Waals surface area contributed by atoms with Crippen LogP contribution in [0.25, 0.3) is 22.4 Å². The Balaban J connectivity index is 2.01. The van der Waals surface area contributed by atoms with Gasteiger partial charge in [-0.3, -0.25) is 4.79 Å². The van der Waals surface area contributed by atoms with Crippen LogP contribution in [0.4, 0.5) is 0 Å². The molecule has 1 aromatic carbocycles. The molecule has 0 spiro atoms. The van der Waals surface area contributed by atoms with Gasteiger partial charge in [-0.25, -0.2) is 4.98 Å². The molecule has 1 atom stereocenters. The first-order valence-corrected chi connectivity index (χ1v) is 7.85. The van der Waals surface area contributed by atoms with E-state index in [1.807, 2.05) is 30.3 Å². The number of nitrogens with one attached hydrogen (secondary N) is 1. The Morgan fingerprint density at radius 2 is 2.08 bits per heavy atom. The largest absolute Gasteiger partial charge is 0.393 e. The maximum absolute atomic E-state index is 12.6. The van der Waals surface area contributed by atoms with Gasteiger partial charge in [-0.1, -0.05) is 35.5 Å². The number of aliphatic hydroxyl groups excluding tert-OH is 1. The monoisotopic (exact) mass is 325 g/mol. The summed E-state index contributed by atoms with van der Waals surface area (Å²) in [6, 6.07) is 11.3. The number of nitrogens with zero attached hydrogens (tertiary/aromatic N) is 2. The number of carbonyl (C=O) groups is 1. The Bertz CT molecular complexity index is 857. The summed E-state index contributed by atoms with van der Waals surface area (Å²) >= 11 is 0. The molecule has 1 amide bonds. The molecule has 0 saturated carbocycles. The highest BCUT2D eigenvalue weighted by molar-refractivity contribution is 6.06. The van der Waals surface area contributed by atoms with Crippen molar-refractivity contribution >= 4 is 17.0 Å². The fraction of sp³-hybridized carbons (Fsp3) is 0.278. The van der Waals surface area contributed by atoms with Crippen molar-refractivity contribution < 1.29 is 14.4 Å². The molecule has 2 heterocycles. The normalized spacial score (nSPS) is 12.3. The van der Waals surface area contributed by atoms with Gasteiger partial charge >= 0.3 is 0 Å². The minimum Gasteiger partial charge on any atom is -0.393 e. The number of fused-ring (bicyclic) bond motifs is 1. The number of carbonyl (C=O) groups excluding carboxylic acids is 1. The molecule has 6 nitrogen and oxygen atoms in total. The van der Waals surface area contributed by atoms with Crippen LogP contribution in [0.2, 0.25) is 0 Å². The van der Waals surface area contributed by atoms with Gasteiger partial charge in [-0.2, -0.15) is 0 Å². The van der Waals surface area contributed by atoms with Crippen molar-refractivity contribution in [2.45, 2.75) is 26.4 Å². The van der Waals surface area contributed by atoms with Crippen molar-refractivity contribution in [3.05, 3.63) is 47.7 Å². The molecule has 124 valence electrons. The molecule has 2 N–H and O–H groups in total. The van der Waals surface area contributed by atoms with Gasteiger partial charge < -0.3 is 14.9 Å². The van der Waals surface area contributed by atoms with Crippen LogP contribution in [-0.4, -0.2) is 33.8 Å². The summed E-state index contributed by atoms with van der Waals surface area (Å²) in [5.74, 6) is -0.230. The second-order valence-electron chi connectivity index (χ2n) is 5.76. The van der Waals surface area contributed by atoms with Crippen LogP contribution in [0.15, 0.2) is 40.9 Å². The van der Waals surface area contributed by atoms with Crippen LogP contribution in [0.1, 0.15) is 29.4 Å². The fourth-order valence-corrected chi connectivity index (χ4v) is 2.52. The van der Waals surface area contributed by atoms with Crippen molar-refractivity contribution in [1.29, 1.82) is 0 Å². The molecule has 0 fully saturated rings. The van der Waals surface area contributed by atoms with E-state index in [1.165, 1.54) is 0 Å². The maximum Gasteiger partial charge on any atom is 0.259 e. The van der Waals surface area contributed by atoms with E-state index in [0.717, 1.165) is 5.56 Å². The minimum atomic E-state index is -0.458. The number of aliphatic hydroxyl groups is 1. The molecule has 3 aromatic rings. The van der Waals surface area contributed by atoms with Crippen LogP contribution in [0.5, 0.6) is 0 Å².